The van der Waals surface area contributed by atoms with Gasteiger partial charge in [0, 0.05) is 7.05 Å². The van der Waals surface area contributed by atoms with Crippen molar-refractivity contribution in [3.05, 3.63) is 47.2 Å². The average molecular weight is 333 g/mol. The highest BCUT2D eigenvalue weighted by Gasteiger charge is 2.31. The van der Waals surface area contributed by atoms with Gasteiger partial charge in [-0.15, -0.1) is 0 Å². The lowest BCUT2D eigenvalue weighted by Crippen LogP contribution is -2.34. The van der Waals surface area contributed by atoms with Gasteiger partial charge in [-0.1, -0.05) is 30.3 Å². The standard InChI is InChI=1S/C16H19N3O5/c1-10-12(14(23-3)19(2)18-10)13(15(20)21)17-16(22)24-9-11-7-5-4-6-8-11/h4-8,13H,9H2,1-3H3,(H,17,22)(H,20,21). The molecule has 1 unspecified atom stereocenters. The number of carboxylic acids is 1. The van der Waals surface area contributed by atoms with Crippen LogP contribution in [0.3, 0.4) is 0 Å². The Kier molecular flexibility index (Phi) is 5.41. The van der Waals surface area contributed by atoms with Gasteiger partial charge in [0.1, 0.15) is 6.61 Å². The molecule has 2 rings (SSSR count). The van der Waals surface area contributed by atoms with E-state index in [9.17, 15) is 14.7 Å². The Labute approximate surface area is 139 Å². The molecule has 0 aliphatic rings. The van der Waals surface area contributed by atoms with Crippen LogP contribution in [0.15, 0.2) is 30.3 Å². The molecule has 0 radical (unpaired) electrons. The van der Waals surface area contributed by atoms with E-state index in [-0.39, 0.29) is 18.1 Å². The fraction of sp³-hybridized carbons (Fsp3) is 0.312. The smallest absolute Gasteiger partial charge is 0.408 e. The lowest BCUT2D eigenvalue weighted by molar-refractivity contribution is -0.139. The molecule has 1 atom stereocenters. The van der Waals surface area contributed by atoms with Gasteiger partial charge >= 0.3 is 12.1 Å². The van der Waals surface area contributed by atoms with Gasteiger partial charge in [0.05, 0.1) is 18.4 Å². The van der Waals surface area contributed by atoms with Crippen LogP contribution in [0.4, 0.5) is 4.79 Å². The molecule has 0 fully saturated rings. The fourth-order valence-electron chi connectivity index (χ4n) is 2.37. The maximum Gasteiger partial charge on any atom is 0.408 e. The molecule has 1 amide bonds. The Morgan fingerprint density at radius 2 is 2.00 bits per heavy atom. The summed E-state index contributed by atoms with van der Waals surface area (Å²) in [7, 11) is 3.04. The van der Waals surface area contributed by atoms with Crippen molar-refractivity contribution in [2.45, 2.75) is 19.6 Å². The van der Waals surface area contributed by atoms with Gasteiger partial charge in [0.25, 0.3) is 0 Å². The first kappa shape index (κ1) is 17.3. The molecule has 0 bridgehead atoms. The molecule has 1 aromatic heterocycles. The van der Waals surface area contributed by atoms with Gasteiger partial charge in [-0.3, -0.25) is 0 Å². The van der Waals surface area contributed by atoms with Gasteiger partial charge in [-0.05, 0) is 12.5 Å². The normalized spacial score (nSPS) is 11.6. The number of aromatic nitrogens is 2. The number of carboxylic acid groups (broad SMARTS) is 1. The largest absolute Gasteiger partial charge is 0.481 e. The summed E-state index contributed by atoms with van der Waals surface area (Å²) in [6, 6.07) is 7.77. The molecular formula is C16H19N3O5. The first-order chi connectivity index (χ1) is 11.4. The van der Waals surface area contributed by atoms with Crippen molar-refractivity contribution < 1.29 is 24.2 Å². The van der Waals surface area contributed by atoms with Crippen molar-refractivity contribution >= 4 is 12.1 Å². The first-order valence-corrected chi connectivity index (χ1v) is 7.21. The third kappa shape index (κ3) is 3.83. The van der Waals surface area contributed by atoms with Crippen molar-refractivity contribution in [3.63, 3.8) is 0 Å². The van der Waals surface area contributed by atoms with Crippen LogP contribution in [0.25, 0.3) is 0 Å². The molecule has 0 aliphatic carbocycles. The number of rotatable bonds is 6. The van der Waals surface area contributed by atoms with Crippen molar-refractivity contribution in [2.75, 3.05) is 7.11 Å². The topological polar surface area (TPSA) is 103 Å². The van der Waals surface area contributed by atoms with Crippen LogP contribution in [-0.2, 0) is 23.2 Å². The van der Waals surface area contributed by atoms with Crippen molar-refractivity contribution in [1.29, 1.82) is 0 Å². The summed E-state index contributed by atoms with van der Waals surface area (Å²) < 4.78 is 11.7. The van der Waals surface area contributed by atoms with Crippen LogP contribution < -0.4 is 10.1 Å². The van der Waals surface area contributed by atoms with E-state index in [0.717, 1.165) is 5.56 Å². The van der Waals surface area contributed by atoms with Crippen LogP contribution >= 0.6 is 0 Å². The molecule has 128 valence electrons. The number of carbonyl (C=O) groups is 2. The Balaban J connectivity index is 2.12. The number of methoxy groups -OCH3 is 1. The number of hydrogen-bond donors (Lipinski definition) is 2. The molecule has 0 saturated heterocycles. The van der Waals surface area contributed by atoms with E-state index >= 15 is 0 Å². The minimum Gasteiger partial charge on any atom is -0.481 e. The van der Waals surface area contributed by atoms with E-state index in [2.05, 4.69) is 10.4 Å². The van der Waals surface area contributed by atoms with E-state index in [0.29, 0.717) is 5.69 Å². The minimum absolute atomic E-state index is 0.0438. The maximum atomic E-state index is 12.0. The van der Waals surface area contributed by atoms with Crippen LogP contribution in [0.2, 0.25) is 0 Å². The summed E-state index contributed by atoms with van der Waals surface area (Å²) >= 11 is 0. The van der Waals surface area contributed by atoms with E-state index in [1.54, 1.807) is 26.1 Å². The highest BCUT2D eigenvalue weighted by molar-refractivity contribution is 5.82. The highest BCUT2D eigenvalue weighted by Crippen LogP contribution is 2.28. The van der Waals surface area contributed by atoms with E-state index in [4.69, 9.17) is 9.47 Å². The minimum atomic E-state index is -1.32. The molecule has 0 saturated carbocycles. The van der Waals surface area contributed by atoms with Gasteiger partial charge in [0.2, 0.25) is 5.88 Å². The first-order valence-electron chi connectivity index (χ1n) is 7.21. The molecule has 24 heavy (non-hydrogen) atoms. The molecule has 2 N–H and O–H groups in total. The number of aryl methyl sites for hydroxylation is 2. The van der Waals surface area contributed by atoms with Gasteiger partial charge in [-0.25, -0.2) is 14.3 Å². The van der Waals surface area contributed by atoms with Crippen molar-refractivity contribution in [1.82, 2.24) is 15.1 Å². The molecule has 2 aromatic rings. The summed E-state index contributed by atoms with van der Waals surface area (Å²) in [5, 5.41) is 15.9. The van der Waals surface area contributed by atoms with Gasteiger partial charge in [-0.2, -0.15) is 5.10 Å². The summed E-state index contributed by atoms with van der Waals surface area (Å²) in [6.45, 7) is 1.69. The third-order valence-corrected chi connectivity index (χ3v) is 3.42. The van der Waals surface area contributed by atoms with E-state index in [1.807, 2.05) is 18.2 Å². The molecule has 8 nitrogen and oxygen atoms in total. The quantitative estimate of drug-likeness (QED) is 0.835. The summed E-state index contributed by atoms with van der Waals surface area (Å²) in [4.78, 5) is 23.5. The second-order valence-electron chi connectivity index (χ2n) is 5.11. The van der Waals surface area contributed by atoms with Crippen LogP contribution in [0.1, 0.15) is 22.9 Å². The lowest BCUT2D eigenvalue weighted by Gasteiger charge is -2.15. The Hall–Kier alpha value is -3.03. The predicted octanol–water partition coefficient (Wildman–Crippen LogP) is 1.79. The van der Waals surface area contributed by atoms with Crippen LogP contribution in [0.5, 0.6) is 5.88 Å². The molecule has 0 spiro atoms. The van der Waals surface area contributed by atoms with Crippen LogP contribution in [-0.4, -0.2) is 34.1 Å². The number of ether oxygens (including phenoxy) is 2. The lowest BCUT2D eigenvalue weighted by atomic mass is 10.1. The van der Waals surface area contributed by atoms with Gasteiger partial charge in [0.15, 0.2) is 6.04 Å². The Bertz CT molecular complexity index is 727. The second-order valence-corrected chi connectivity index (χ2v) is 5.11. The second kappa shape index (κ2) is 7.49. The van der Waals surface area contributed by atoms with E-state index < -0.39 is 18.1 Å². The predicted molar refractivity (Wildman–Crippen MR) is 84.6 cm³/mol. The fourth-order valence-corrected chi connectivity index (χ4v) is 2.37. The number of carbonyl (C=O) groups excluding carboxylic acids is 1. The number of amides is 1. The number of nitrogens with zero attached hydrogens (tertiary/aromatic N) is 2. The number of hydrogen-bond acceptors (Lipinski definition) is 5. The van der Waals surface area contributed by atoms with Gasteiger partial charge < -0.3 is 19.9 Å². The number of alkyl carbamates (subject to hydrolysis) is 1. The molecule has 1 aromatic carbocycles. The summed E-state index contributed by atoms with van der Waals surface area (Å²) in [6.07, 6.45) is -0.837. The molecule has 0 aliphatic heterocycles. The van der Waals surface area contributed by atoms with Crippen LogP contribution in [0, 0.1) is 6.92 Å². The average Bonchev–Trinajstić information content (AvgIpc) is 2.84. The maximum absolute atomic E-state index is 12.0. The Morgan fingerprint density at radius 3 is 2.58 bits per heavy atom. The molecule has 1 heterocycles. The zero-order chi connectivity index (χ0) is 17.7. The molecular weight excluding hydrogens is 314 g/mol. The summed E-state index contributed by atoms with van der Waals surface area (Å²) in [5.74, 6) is -0.968. The molecule has 8 heteroatoms. The zero-order valence-corrected chi connectivity index (χ0v) is 13.6. The zero-order valence-electron chi connectivity index (χ0n) is 13.6. The van der Waals surface area contributed by atoms with Crippen molar-refractivity contribution in [3.8, 4) is 5.88 Å². The highest BCUT2D eigenvalue weighted by atomic mass is 16.5. The number of aliphatic carboxylic acids is 1. The van der Waals surface area contributed by atoms with E-state index in [1.165, 1.54) is 11.8 Å². The number of nitrogens with one attached hydrogen (secondary N) is 1. The summed E-state index contributed by atoms with van der Waals surface area (Å²) in [5.41, 5.74) is 1.53. The monoisotopic (exact) mass is 333 g/mol. The third-order valence-electron chi connectivity index (χ3n) is 3.42. The van der Waals surface area contributed by atoms with Crippen molar-refractivity contribution in [2.24, 2.45) is 7.05 Å². The number of benzene rings is 1. The Morgan fingerprint density at radius 1 is 1.33 bits per heavy atom. The SMILES string of the molecule is COc1c(C(NC(=O)OCc2ccccc2)C(=O)O)c(C)nn1C.